The van der Waals surface area contributed by atoms with Crippen molar-refractivity contribution in [2.75, 3.05) is 43.4 Å². The first-order valence-electron chi connectivity index (χ1n) is 20.4. The van der Waals surface area contributed by atoms with Gasteiger partial charge >= 0.3 is 6.03 Å². The second-order valence-electron chi connectivity index (χ2n) is 15.4. The molecule has 4 aromatic heterocycles. The first kappa shape index (κ1) is 40.2. The van der Waals surface area contributed by atoms with E-state index in [1.807, 2.05) is 27.9 Å². The predicted molar refractivity (Wildman–Crippen MR) is 215 cm³/mol. The first-order chi connectivity index (χ1) is 28.2. The number of hydrogen-bond donors (Lipinski definition) is 5. The molecule has 4 aliphatic rings. The number of anilines is 2. The van der Waals surface area contributed by atoms with Crippen molar-refractivity contribution in [3.05, 3.63) is 23.2 Å². The van der Waals surface area contributed by atoms with E-state index in [-0.39, 0.29) is 53.0 Å². The van der Waals surface area contributed by atoms with Crippen molar-refractivity contribution in [1.82, 2.24) is 59.9 Å². The molecule has 3 aliphatic heterocycles. The van der Waals surface area contributed by atoms with Crippen molar-refractivity contribution >= 4 is 75.0 Å². The van der Waals surface area contributed by atoms with Crippen LogP contribution < -0.4 is 26.6 Å². The average Bonchev–Trinajstić information content (AvgIpc) is 4.04. The molecule has 19 nitrogen and oxygen atoms in total. The zero-order valence-electron chi connectivity index (χ0n) is 32.6. The van der Waals surface area contributed by atoms with Crippen LogP contribution in [0.25, 0.3) is 22.3 Å². The van der Waals surface area contributed by atoms with Gasteiger partial charge in [-0.05, 0) is 107 Å². The summed E-state index contributed by atoms with van der Waals surface area (Å²) in [5.74, 6) is 1.25. The van der Waals surface area contributed by atoms with E-state index in [0.717, 1.165) is 38.5 Å². The summed E-state index contributed by atoms with van der Waals surface area (Å²) in [5.41, 5.74) is 2.29. The van der Waals surface area contributed by atoms with Gasteiger partial charge in [0.1, 0.15) is 24.7 Å². The lowest BCUT2D eigenvalue weighted by atomic mass is 9.86. The maximum atomic E-state index is 13.2. The maximum absolute atomic E-state index is 13.2. The van der Waals surface area contributed by atoms with Crippen LogP contribution in [-0.4, -0.2) is 119 Å². The highest BCUT2D eigenvalue weighted by Crippen LogP contribution is 2.35. The number of fused-ring (bicyclic) bond motifs is 2. The third-order valence-electron chi connectivity index (χ3n) is 11.5. The molecule has 21 heteroatoms. The highest BCUT2D eigenvalue weighted by Gasteiger charge is 2.35. The van der Waals surface area contributed by atoms with E-state index in [2.05, 4.69) is 56.5 Å². The minimum atomic E-state index is -0.519. The van der Waals surface area contributed by atoms with Crippen molar-refractivity contribution in [3.63, 3.8) is 0 Å². The molecule has 4 atom stereocenters. The van der Waals surface area contributed by atoms with Crippen LogP contribution in [0.4, 0.5) is 16.4 Å². The fraction of sp³-hybridized carbons (Fsp3) is 0.649. The van der Waals surface area contributed by atoms with Crippen LogP contribution in [0.5, 0.6) is 0 Å². The number of imidazole rings is 2. The van der Waals surface area contributed by atoms with Crippen LogP contribution in [0.2, 0.25) is 10.6 Å². The zero-order chi connectivity index (χ0) is 40.3. The fourth-order valence-electron chi connectivity index (χ4n) is 8.48. The summed E-state index contributed by atoms with van der Waals surface area (Å²) in [4.78, 5) is 66.7. The molecule has 5 N–H and O–H groups in total. The fourth-order valence-corrected chi connectivity index (χ4v) is 8.81. The van der Waals surface area contributed by atoms with E-state index in [1.165, 1.54) is 0 Å². The van der Waals surface area contributed by atoms with Crippen LogP contribution in [0, 0.1) is 5.92 Å². The Morgan fingerprint density at radius 3 is 1.62 bits per heavy atom. The third-order valence-corrected chi connectivity index (χ3v) is 11.9. The number of amides is 4. The van der Waals surface area contributed by atoms with E-state index < -0.39 is 12.2 Å². The SMILES string of the molecule is CCNC(=O)[C@@H]1CC[C@H](n2cnc3c(NC4CCC(CNC(=O)N5CCC(Nc6nc(Cl)nc7c6ncn7[C@H]6CC[C@@H](C(=O)NCC)O6)CC5)CC4)nc(Cl)nc32)O1. The molecule has 0 bridgehead atoms. The number of hydrogen-bond acceptors (Lipinski definition) is 13. The number of halogens is 2. The number of nitrogens with one attached hydrogen (secondary N) is 5. The highest BCUT2D eigenvalue weighted by molar-refractivity contribution is 6.29. The molecule has 0 aromatic carbocycles. The molecule has 0 radical (unpaired) electrons. The van der Waals surface area contributed by atoms with Crippen LogP contribution in [0.15, 0.2) is 12.7 Å². The molecule has 1 saturated carbocycles. The van der Waals surface area contributed by atoms with E-state index >= 15 is 0 Å². The number of piperidine rings is 1. The quantitative estimate of drug-likeness (QED) is 0.127. The summed E-state index contributed by atoms with van der Waals surface area (Å²) < 4.78 is 15.7. The van der Waals surface area contributed by atoms with Crippen molar-refractivity contribution in [1.29, 1.82) is 0 Å². The Balaban J connectivity index is 0.786. The zero-order valence-corrected chi connectivity index (χ0v) is 34.1. The van der Waals surface area contributed by atoms with Gasteiger partial charge in [-0.2, -0.15) is 19.9 Å². The van der Waals surface area contributed by atoms with Gasteiger partial charge in [-0.3, -0.25) is 18.7 Å². The lowest BCUT2D eigenvalue weighted by Crippen LogP contribution is -2.48. The molecule has 0 unspecified atom stereocenters. The molecule has 7 heterocycles. The number of nitrogens with zero attached hydrogens (tertiary/aromatic N) is 9. The van der Waals surface area contributed by atoms with Gasteiger partial charge in [-0.15, -0.1) is 0 Å². The standard InChI is InChI=1S/C37H50Cl2N14O5/c1-3-40-33(54)23-9-11-25(57-23)52-18-43-27-29(47-35(38)49-31(27)52)45-21-7-5-20(6-8-21)17-42-37(56)51-15-13-22(14-16-51)46-30-28-32(50-36(39)48-30)53(19-44-28)26-12-10-24(58-26)34(55)41-4-2/h18-26H,3-17H2,1-2H3,(H,40,54)(H,41,55)(H,42,56)(H,45,47,49)(H,46,48,50)/t20?,21?,23-,24-,25+,26+/m0/s1. The molecule has 4 aromatic rings. The Labute approximate surface area is 345 Å². The predicted octanol–water partition coefficient (Wildman–Crippen LogP) is 4.16. The minimum absolute atomic E-state index is 0.0513. The molecule has 4 fully saturated rings. The van der Waals surface area contributed by atoms with Gasteiger partial charge < -0.3 is 41.0 Å². The number of likely N-dealkylation sites (tertiary alicyclic amines) is 1. The topological polar surface area (TPSA) is 220 Å². The van der Waals surface area contributed by atoms with Crippen molar-refractivity contribution in [3.8, 4) is 0 Å². The highest BCUT2D eigenvalue weighted by atomic mass is 35.5. The number of rotatable bonds is 12. The average molecular weight is 842 g/mol. The minimum Gasteiger partial charge on any atom is -0.365 e. The Bertz CT molecular complexity index is 2120. The Hall–Kier alpha value is -4.59. The summed E-state index contributed by atoms with van der Waals surface area (Å²) in [5, 5.41) is 16.1. The molecule has 312 valence electrons. The Kier molecular flexibility index (Phi) is 12.3. The normalized spacial score (nSPS) is 25.3. The van der Waals surface area contributed by atoms with Crippen molar-refractivity contribution in [2.24, 2.45) is 5.92 Å². The van der Waals surface area contributed by atoms with Crippen LogP contribution in [0.3, 0.4) is 0 Å². The maximum Gasteiger partial charge on any atom is 0.317 e. The number of carbonyl (C=O) groups is 3. The van der Waals surface area contributed by atoms with E-state index in [1.54, 1.807) is 12.7 Å². The number of carbonyl (C=O) groups excluding carboxylic acids is 3. The van der Waals surface area contributed by atoms with E-state index in [0.29, 0.717) is 98.3 Å². The molecule has 8 rings (SSSR count). The van der Waals surface area contributed by atoms with Gasteiger partial charge in [0.25, 0.3) is 0 Å². The molecule has 3 saturated heterocycles. The van der Waals surface area contributed by atoms with Gasteiger partial charge in [-0.1, -0.05) is 0 Å². The van der Waals surface area contributed by atoms with E-state index in [4.69, 9.17) is 32.7 Å². The summed E-state index contributed by atoms with van der Waals surface area (Å²) in [6.07, 6.45) is 9.25. The second kappa shape index (κ2) is 17.7. The number of aromatic nitrogens is 8. The van der Waals surface area contributed by atoms with Gasteiger partial charge in [0.2, 0.25) is 22.4 Å². The summed E-state index contributed by atoms with van der Waals surface area (Å²) in [6.45, 7) is 6.67. The van der Waals surface area contributed by atoms with Gasteiger partial charge in [0, 0.05) is 44.8 Å². The molecular weight excluding hydrogens is 791 g/mol. The van der Waals surface area contributed by atoms with Crippen LogP contribution in [0.1, 0.15) is 90.5 Å². The lowest BCUT2D eigenvalue weighted by molar-refractivity contribution is -0.134. The smallest absolute Gasteiger partial charge is 0.317 e. The second-order valence-corrected chi connectivity index (χ2v) is 16.1. The van der Waals surface area contributed by atoms with Gasteiger partial charge in [0.15, 0.2) is 34.0 Å². The van der Waals surface area contributed by atoms with Gasteiger partial charge in [0.05, 0.1) is 12.7 Å². The molecule has 58 heavy (non-hydrogen) atoms. The Morgan fingerprint density at radius 1 is 0.655 bits per heavy atom. The monoisotopic (exact) mass is 840 g/mol. The van der Waals surface area contributed by atoms with Crippen molar-refractivity contribution < 1.29 is 23.9 Å². The number of ether oxygens (including phenoxy) is 2. The third kappa shape index (κ3) is 8.72. The molecule has 4 amide bonds. The van der Waals surface area contributed by atoms with Crippen LogP contribution in [-0.2, 0) is 19.1 Å². The molecular formula is C37H50Cl2N14O5. The molecule has 1 aliphatic carbocycles. The van der Waals surface area contributed by atoms with Gasteiger partial charge in [-0.25, -0.2) is 14.8 Å². The summed E-state index contributed by atoms with van der Waals surface area (Å²) in [7, 11) is 0. The number of urea groups is 1. The summed E-state index contributed by atoms with van der Waals surface area (Å²) in [6, 6.07) is 0.187. The largest absolute Gasteiger partial charge is 0.365 e. The van der Waals surface area contributed by atoms with Crippen molar-refractivity contribution in [2.45, 2.75) is 115 Å². The summed E-state index contributed by atoms with van der Waals surface area (Å²) >= 11 is 12.8. The number of likely N-dealkylation sites (N-methyl/N-ethyl adjacent to an activating group) is 2. The molecule has 0 spiro atoms. The lowest BCUT2D eigenvalue weighted by Gasteiger charge is -2.34. The first-order valence-corrected chi connectivity index (χ1v) is 21.1. The van der Waals surface area contributed by atoms with Crippen LogP contribution >= 0.6 is 23.2 Å². The van der Waals surface area contributed by atoms with E-state index in [9.17, 15) is 14.4 Å². The Morgan fingerprint density at radius 2 is 1.14 bits per heavy atom.